The molecule has 21 heavy (non-hydrogen) atoms. The van der Waals surface area contributed by atoms with E-state index in [1.54, 1.807) is 6.92 Å². The fourth-order valence-corrected chi connectivity index (χ4v) is 2.87. The van der Waals surface area contributed by atoms with Crippen LogP contribution < -0.4 is 0 Å². The standard InChI is InChI=1S/C17H14N2O2/c1-2-21-17(20)15-9-11-13(19-15)7-8-14-16(11)10-5-3-4-6-12(10)18-14/h3-9,18-19H,2H2,1H3. The normalized spacial score (nSPS) is 11.5. The number of ether oxygens (including phenoxy) is 1. The first-order chi connectivity index (χ1) is 10.3. The SMILES string of the molecule is CCOC(=O)c1cc2c(ccc3[nH]c4ccccc4c32)[nH]1. The first-order valence-electron chi connectivity index (χ1n) is 6.97. The van der Waals surface area contributed by atoms with E-state index in [1.807, 2.05) is 30.3 Å². The zero-order chi connectivity index (χ0) is 14.4. The highest BCUT2D eigenvalue weighted by Gasteiger charge is 2.14. The predicted molar refractivity (Wildman–Crippen MR) is 83.6 cm³/mol. The van der Waals surface area contributed by atoms with Gasteiger partial charge >= 0.3 is 5.97 Å². The third-order valence-corrected chi connectivity index (χ3v) is 3.76. The Morgan fingerprint density at radius 3 is 2.62 bits per heavy atom. The molecular weight excluding hydrogens is 264 g/mol. The van der Waals surface area contributed by atoms with Crippen LogP contribution in [0.1, 0.15) is 17.4 Å². The monoisotopic (exact) mass is 278 g/mol. The molecular formula is C17H14N2O2. The van der Waals surface area contributed by atoms with Gasteiger partial charge in [0, 0.05) is 32.7 Å². The van der Waals surface area contributed by atoms with Gasteiger partial charge in [0.25, 0.3) is 0 Å². The number of hydrogen-bond acceptors (Lipinski definition) is 2. The molecule has 0 aliphatic carbocycles. The summed E-state index contributed by atoms with van der Waals surface area (Å²) in [5.74, 6) is -0.318. The Morgan fingerprint density at radius 1 is 1.00 bits per heavy atom. The third-order valence-electron chi connectivity index (χ3n) is 3.76. The number of carbonyl (C=O) groups is 1. The molecule has 4 nitrogen and oxygen atoms in total. The van der Waals surface area contributed by atoms with Gasteiger partial charge in [0.1, 0.15) is 5.69 Å². The largest absolute Gasteiger partial charge is 0.461 e. The second-order valence-corrected chi connectivity index (χ2v) is 5.02. The van der Waals surface area contributed by atoms with Crippen LogP contribution in [-0.4, -0.2) is 22.5 Å². The molecule has 0 unspecified atom stereocenters. The van der Waals surface area contributed by atoms with E-state index in [4.69, 9.17) is 4.74 Å². The summed E-state index contributed by atoms with van der Waals surface area (Å²) in [6, 6.07) is 14.1. The second-order valence-electron chi connectivity index (χ2n) is 5.02. The summed E-state index contributed by atoms with van der Waals surface area (Å²) in [5.41, 5.74) is 3.59. The average molecular weight is 278 g/mol. The molecule has 2 aromatic carbocycles. The molecule has 4 aromatic rings. The molecule has 0 saturated heterocycles. The van der Waals surface area contributed by atoms with Crippen LogP contribution in [0.4, 0.5) is 0 Å². The summed E-state index contributed by atoms with van der Waals surface area (Å²) >= 11 is 0. The summed E-state index contributed by atoms with van der Waals surface area (Å²) in [7, 11) is 0. The van der Waals surface area contributed by atoms with Gasteiger partial charge in [-0.1, -0.05) is 18.2 Å². The van der Waals surface area contributed by atoms with E-state index in [2.05, 4.69) is 22.1 Å². The van der Waals surface area contributed by atoms with Crippen LogP contribution in [0.2, 0.25) is 0 Å². The number of nitrogens with one attached hydrogen (secondary N) is 2. The highest BCUT2D eigenvalue weighted by molar-refractivity contribution is 6.20. The molecule has 0 aliphatic rings. The molecule has 0 bridgehead atoms. The first-order valence-corrected chi connectivity index (χ1v) is 6.97. The number of hydrogen-bond donors (Lipinski definition) is 2. The van der Waals surface area contributed by atoms with Crippen LogP contribution in [0.15, 0.2) is 42.5 Å². The zero-order valence-electron chi connectivity index (χ0n) is 11.6. The van der Waals surface area contributed by atoms with Crippen LogP contribution in [0, 0.1) is 0 Å². The minimum atomic E-state index is -0.318. The molecule has 4 rings (SSSR count). The van der Waals surface area contributed by atoms with Gasteiger partial charge in [0.15, 0.2) is 0 Å². The van der Waals surface area contributed by atoms with Gasteiger partial charge in [0.05, 0.1) is 6.61 Å². The Labute approximate surface area is 120 Å². The van der Waals surface area contributed by atoms with Crippen LogP contribution in [0.3, 0.4) is 0 Å². The predicted octanol–water partition coefficient (Wildman–Crippen LogP) is 3.98. The van der Waals surface area contributed by atoms with E-state index in [-0.39, 0.29) is 5.97 Å². The smallest absolute Gasteiger partial charge is 0.354 e. The maximum atomic E-state index is 11.9. The molecule has 104 valence electrons. The lowest BCUT2D eigenvalue weighted by molar-refractivity contribution is 0.0520. The maximum absolute atomic E-state index is 11.9. The van der Waals surface area contributed by atoms with E-state index in [0.717, 1.165) is 32.7 Å². The van der Waals surface area contributed by atoms with E-state index in [0.29, 0.717) is 12.3 Å². The Bertz CT molecular complexity index is 978. The Balaban J connectivity index is 2.06. The van der Waals surface area contributed by atoms with Gasteiger partial charge in [0.2, 0.25) is 0 Å². The number of carbonyl (C=O) groups excluding carboxylic acids is 1. The van der Waals surface area contributed by atoms with E-state index in [1.165, 1.54) is 0 Å². The van der Waals surface area contributed by atoms with Gasteiger partial charge in [-0.2, -0.15) is 0 Å². The van der Waals surface area contributed by atoms with Crippen molar-refractivity contribution in [3.63, 3.8) is 0 Å². The lowest BCUT2D eigenvalue weighted by Crippen LogP contribution is -2.04. The topological polar surface area (TPSA) is 57.9 Å². The highest BCUT2D eigenvalue weighted by atomic mass is 16.5. The number of esters is 1. The fraction of sp³-hybridized carbons (Fsp3) is 0.118. The fourth-order valence-electron chi connectivity index (χ4n) is 2.87. The van der Waals surface area contributed by atoms with Crippen molar-refractivity contribution in [1.82, 2.24) is 9.97 Å². The van der Waals surface area contributed by atoms with Crippen molar-refractivity contribution in [3.05, 3.63) is 48.2 Å². The van der Waals surface area contributed by atoms with E-state index >= 15 is 0 Å². The van der Waals surface area contributed by atoms with Gasteiger partial charge in [-0.3, -0.25) is 0 Å². The summed E-state index contributed by atoms with van der Waals surface area (Å²) in [4.78, 5) is 18.4. The van der Waals surface area contributed by atoms with Crippen molar-refractivity contribution in [2.75, 3.05) is 6.61 Å². The molecule has 0 aliphatic heterocycles. The Kier molecular flexibility index (Phi) is 2.51. The van der Waals surface area contributed by atoms with Crippen molar-refractivity contribution in [1.29, 1.82) is 0 Å². The number of benzene rings is 2. The van der Waals surface area contributed by atoms with Crippen molar-refractivity contribution in [2.24, 2.45) is 0 Å². The molecule has 0 saturated carbocycles. The van der Waals surface area contributed by atoms with Gasteiger partial charge in [-0.05, 0) is 31.2 Å². The number of rotatable bonds is 2. The number of fused-ring (bicyclic) bond motifs is 5. The van der Waals surface area contributed by atoms with E-state index < -0.39 is 0 Å². The van der Waals surface area contributed by atoms with Crippen LogP contribution in [0.25, 0.3) is 32.7 Å². The minimum Gasteiger partial charge on any atom is -0.461 e. The lowest BCUT2D eigenvalue weighted by Gasteiger charge is -1.96. The van der Waals surface area contributed by atoms with E-state index in [9.17, 15) is 4.79 Å². The minimum absolute atomic E-state index is 0.318. The van der Waals surface area contributed by atoms with Gasteiger partial charge in [-0.15, -0.1) is 0 Å². The molecule has 0 radical (unpaired) electrons. The molecule has 2 heterocycles. The molecule has 0 atom stereocenters. The maximum Gasteiger partial charge on any atom is 0.354 e. The third kappa shape index (κ3) is 1.72. The quantitative estimate of drug-likeness (QED) is 0.545. The van der Waals surface area contributed by atoms with Crippen LogP contribution in [-0.2, 0) is 4.74 Å². The Morgan fingerprint density at radius 2 is 1.76 bits per heavy atom. The number of aromatic nitrogens is 2. The number of aromatic amines is 2. The van der Waals surface area contributed by atoms with Gasteiger partial charge < -0.3 is 14.7 Å². The number of H-pyrrole nitrogens is 2. The second kappa shape index (κ2) is 4.38. The summed E-state index contributed by atoms with van der Waals surface area (Å²) in [6.45, 7) is 2.18. The molecule has 0 spiro atoms. The number of para-hydroxylation sites is 1. The van der Waals surface area contributed by atoms with Gasteiger partial charge in [-0.25, -0.2) is 4.79 Å². The molecule has 0 fully saturated rings. The molecule has 2 aromatic heterocycles. The molecule has 0 amide bonds. The highest BCUT2D eigenvalue weighted by Crippen LogP contribution is 2.32. The van der Waals surface area contributed by atoms with Crippen molar-refractivity contribution in [2.45, 2.75) is 6.92 Å². The molecule has 2 N–H and O–H groups in total. The summed E-state index contributed by atoms with van der Waals surface area (Å²) in [5, 5.41) is 3.33. The van der Waals surface area contributed by atoms with Crippen molar-refractivity contribution >= 4 is 38.7 Å². The van der Waals surface area contributed by atoms with Crippen molar-refractivity contribution in [3.8, 4) is 0 Å². The van der Waals surface area contributed by atoms with Crippen LogP contribution in [0.5, 0.6) is 0 Å². The first kappa shape index (κ1) is 12.0. The molecule has 4 heteroatoms. The summed E-state index contributed by atoms with van der Waals surface area (Å²) in [6.07, 6.45) is 0. The lowest BCUT2D eigenvalue weighted by atomic mass is 10.1. The zero-order valence-corrected chi connectivity index (χ0v) is 11.6. The van der Waals surface area contributed by atoms with Crippen molar-refractivity contribution < 1.29 is 9.53 Å². The Hall–Kier alpha value is -2.75. The average Bonchev–Trinajstić information content (AvgIpc) is 3.07. The van der Waals surface area contributed by atoms with Crippen LogP contribution >= 0.6 is 0 Å². The summed E-state index contributed by atoms with van der Waals surface area (Å²) < 4.78 is 5.06.